The van der Waals surface area contributed by atoms with Gasteiger partial charge in [-0.2, -0.15) is 0 Å². The largest absolute Gasteiger partial charge is 0.493 e. The van der Waals surface area contributed by atoms with Crippen molar-refractivity contribution >= 4 is 5.91 Å². The summed E-state index contributed by atoms with van der Waals surface area (Å²) in [5.74, 6) is 1.62. The number of carbonyl (C=O) groups is 1. The number of nitrogens with two attached hydrogens (primary N) is 1. The molecular weight excluding hydrogens is 260 g/mol. The second-order valence-corrected chi connectivity index (χ2v) is 5.41. The molecule has 0 spiro atoms. The number of benzene rings is 1. The molecule has 110 valence electrons. The molecule has 1 aliphatic heterocycles. The average molecular weight is 280 g/mol. The number of methoxy groups -OCH3 is 1. The molecule has 1 amide bonds. The van der Waals surface area contributed by atoms with Crippen molar-refractivity contribution in [3.05, 3.63) is 17.7 Å². The van der Waals surface area contributed by atoms with Gasteiger partial charge in [0.1, 0.15) is 0 Å². The molecule has 6 nitrogen and oxygen atoms in total. The molecule has 0 unspecified atom stereocenters. The number of hydrogen-bond donors (Lipinski definition) is 2. The summed E-state index contributed by atoms with van der Waals surface area (Å²) >= 11 is 0. The van der Waals surface area contributed by atoms with Crippen LogP contribution in [0.15, 0.2) is 12.1 Å². The average Bonchev–Trinajstić information content (AvgIpc) is 2.82. The van der Waals surface area contributed by atoms with Crippen molar-refractivity contribution in [1.82, 2.24) is 5.32 Å². The summed E-state index contributed by atoms with van der Waals surface area (Å²) in [6.07, 6.45) is 0.273. The molecule has 2 rings (SSSR count). The quantitative estimate of drug-likeness (QED) is 0.817. The van der Waals surface area contributed by atoms with Crippen molar-refractivity contribution in [1.29, 1.82) is 0 Å². The number of hydrogen-bond acceptors (Lipinski definition) is 5. The summed E-state index contributed by atoms with van der Waals surface area (Å²) in [6, 6.07) is 3.79. The summed E-state index contributed by atoms with van der Waals surface area (Å²) < 4.78 is 16.0. The van der Waals surface area contributed by atoms with Gasteiger partial charge in [-0.05, 0) is 31.5 Å². The van der Waals surface area contributed by atoms with E-state index in [-0.39, 0.29) is 24.7 Å². The van der Waals surface area contributed by atoms with E-state index < -0.39 is 0 Å². The van der Waals surface area contributed by atoms with Gasteiger partial charge in [-0.3, -0.25) is 4.79 Å². The van der Waals surface area contributed by atoms with E-state index in [9.17, 15) is 4.79 Å². The molecular formula is C14H20N2O4. The molecule has 0 radical (unpaired) electrons. The second kappa shape index (κ2) is 5.58. The lowest BCUT2D eigenvalue weighted by Crippen LogP contribution is -2.42. The molecule has 1 aromatic carbocycles. The standard InChI is InChI=1S/C14H20N2O4/c1-14(2,6-12(15)17)16-7-9-4-10(18-3)13-11(5-9)19-8-20-13/h4-5,16H,6-8H2,1-3H3,(H2,15,17). The number of rotatable bonds is 6. The first-order valence-electron chi connectivity index (χ1n) is 6.41. The first-order valence-corrected chi connectivity index (χ1v) is 6.41. The summed E-state index contributed by atoms with van der Waals surface area (Å²) in [4.78, 5) is 11.0. The Labute approximate surface area is 118 Å². The van der Waals surface area contributed by atoms with E-state index in [1.165, 1.54) is 0 Å². The Morgan fingerprint density at radius 1 is 1.45 bits per heavy atom. The highest BCUT2D eigenvalue weighted by molar-refractivity contribution is 5.75. The van der Waals surface area contributed by atoms with Gasteiger partial charge in [0, 0.05) is 18.5 Å². The molecule has 0 aliphatic carbocycles. The van der Waals surface area contributed by atoms with Gasteiger partial charge in [0.05, 0.1) is 7.11 Å². The lowest BCUT2D eigenvalue weighted by molar-refractivity contribution is -0.119. The van der Waals surface area contributed by atoms with Gasteiger partial charge in [0.2, 0.25) is 18.4 Å². The monoisotopic (exact) mass is 280 g/mol. The van der Waals surface area contributed by atoms with Gasteiger partial charge < -0.3 is 25.3 Å². The van der Waals surface area contributed by atoms with E-state index in [0.717, 1.165) is 5.56 Å². The highest BCUT2D eigenvalue weighted by Crippen LogP contribution is 2.41. The third-order valence-corrected chi connectivity index (χ3v) is 3.11. The predicted molar refractivity (Wildman–Crippen MR) is 73.8 cm³/mol. The highest BCUT2D eigenvalue weighted by atomic mass is 16.7. The number of carbonyl (C=O) groups excluding carboxylic acids is 1. The highest BCUT2D eigenvalue weighted by Gasteiger charge is 2.22. The summed E-state index contributed by atoms with van der Waals surface area (Å²) in [7, 11) is 1.59. The van der Waals surface area contributed by atoms with Gasteiger partial charge >= 0.3 is 0 Å². The third kappa shape index (κ3) is 3.33. The second-order valence-electron chi connectivity index (χ2n) is 5.41. The molecule has 1 heterocycles. The van der Waals surface area contributed by atoms with Crippen molar-refractivity contribution in [3.8, 4) is 17.2 Å². The smallest absolute Gasteiger partial charge is 0.231 e. The molecule has 0 fully saturated rings. The van der Waals surface area contributed by atoms with Crippen molar-refractivity contribution in [3.63, 3.8) is 0 Å². The van der Waals surface area contributed by atoms with E-state index >= 15 is 0 Å². The fourth-order valence-electron chi connectivity index (χ4n) is 2.13. The van der Waals surface area contributed by atoms with Crippen LogP contribution in [0.2, 0.25) is 0 Å². The van der Waals surface area contributed by atoms with Crippen LogP contribution in [0.5, 0.6) is 17.2 Å². The number of nitrogens with one attached hydrogen (secondary N) is 1. The SMILES string of the molecule is COc1cc(CNC(C)(C)CC(N)=O)cc2c1OCO2. The van der Waals surface area contributed by atoms with Crippen LogP contribution in [0.4, 0.5) is 0 Å². The minimum absolute atomic E-state index is 0.204. The maximum Gasteiger partial charge on any atom is 0.231 e. The molecule has 1 aromatic rings. The van der Waals surface area contributed by atoms with Crippen LogP contribution in [0.25, 0.3) is 0 Å². The lowest BCUT2D eigenvalue weighted by Gasteiger charge is -2.25. The predicted octanol–water partition coefficient (Wildman–Crippen LogP) is 1.17. The molecule has 0 bridgehead atoms. The Balaban J connectivity index is 2.09. The number of primary amides is 1. The van der Waals surface area contributed by atoms with Gasteiger partial charge in [0.25, 0.3) is 0 Å². The van der Waals surface area contributed by atoms with Crippen LogP contribution in [0.3, 0.4) is 0 Å². The molecule has 0 saturated carbocycles. The molecule has 0 atom stereocenters. The summed E-state index contributed by atoms with van der Waals surface area (Å²) in [6.45, 7) is 4.65. The number of fused-ring (bicyclic) bond motifs is 1. The lowest BCUT2D eigenvalue weighted by atomic mass is 10.00. The molecule has 3 N–H and O–H groups in total. The van der Waals surface area contributed by atoms with Crippen LogP contribution >= 0.6 is 0 Å². The minimum atomic E-state index is -0.366. The Bertz CT molecular complexity index is 514. The summed E-state index contributed by atoms with van der Waals surface area (Å²) in [5, 5.41) is 3.30. The number of ether oxygens (including phenoxy) is 3. The van der Waals surface area contributed by atoms with Gasteiger partial charge in [-0.25, -0.2) is 0 Å². The van der Waals surface area contributed by atoms with Crippen molar-refractivity contribution in [2.24, 2.45) is 5.73 Å². The van der Waals surface area contributed by atoms with Gasteiger partial charge in [-0.1, -0.05) is 0 Å². The van der Waals surface area contributed by atoms with E-state index in [0.29, 0.717) is 23.8 Å². The number of amides is 1. The Kier molecular flexibility index (Phi) is 4.04. The van der Waals surface area contributed by atoms with Gasteiger partial charge in [0.15, 0.2) is 11.5 Å². The van der Waals surface area contributed by atoms with Crippen LogP contribution in [-0.4, -0.2) is 25.3 Å². The zero-order chi connectivity index (χ0) is 14.8. The van der Waals surface area contributed by atoms with E-state index in [4.69, 9.17) is 19.9 Å². The van der Waals surface area contributed by atoms with Crippen LogP contribution in [0, 0.1) is 0 Å². The Hall–Kier alpha value is -1.95. The van der Waals surface area contributed by atoms with E-state index in [1.54, 1.807) is 7.11 Å². The Morgan fingerprint density at radius 3 is 2.85 bits per heavy atom. The van der Waals surface area contributed by atoms with Crippen LogP contribution < -0.4 is 25.3 Å². The zero-order valence-corrected chi connectivity index (χ0v) is 12.0. The fraction of sp³-hybridized carbons (Fsp3) is 0.500. The van der Waals surface area contributed by atoms with Crippen LogP contribution in [-0.2, 0) is 11.3 Å². The van der Waals surface area contributed by atoms with Crippen molar-refractivity contribution < 1.29 is 19.0 Å². The van der Waals surface area contributed by atoms with Crippen molar-refractivity contribution in [2.75, 3.05) is 13.9 Å². The van der Waals surface area contributed by atoms with E-state index in [2.05, 4.69) is 5.32 Å². The molecule has 20 heavy (non-hydrogen) atoms. The Morgan fingerprint density at radius 2 is 2.20 bits per heavy atom. The van der Waals surface area contributed by atoms with Gasteiger partial charge in [-0.15, -0.1) is 0 Å². The molecule has 6 heteroatoms. The maximum atomic E-state index is 11.0. The molecule has 0 saturated heterocycles. The fourth-order valence-corrected chi connectivity index (χ4v) is 2.13. The first-order chi connectivity index (χ1) is 9.41. The summed E-state index contributed by atoms with van der Waals surface area (Å²) in [5.41, 5.74) is 5.86. The maximum absolute atomic E-state index is 11.0. The molecule has 0 aromatic heterocycles. The van der Waals surface area contributed by atoms with E-state index in [1.807, 2.05) is 26.0 Å². The minimum Gasteiger partial charge on any atom is -0.493 e. The van der Waals surface area contributed by atoms with Crippen molar-refractivity contribution in [2.45, 2.75) is 32.4 Å². The third-order valence-electron chi connectivity index (χ3n) is 3.11. The normalized spacial score (nSPS) is 13.3. The zero-order valence-electron chi connectivity index (χ0n) is 12.0. The topological polar surface area (TPSA) is 82.8 Å². The molecule has 1 aliphatic rings. The first kappa shape index (κ1) is 14.5. The van der Waals surface area contributed by atoms with Crippen LogP contribution in [0.1, 0.15) is 25.8 Å².